The fraction of sp³-hybridized carbons (Fsp3) is 0.909. The van der Waals surface area contributed by atoms with E-state index in [2.05, 4.69) is 10.8 Å². The van der Waals surface area contributed by atoms with E-state index in [1.165, 1.54) is 7.11 Å². The molecule has 0 aromatic carbocycles. The van der Waals surface area contributed by atoms with Crippen molar-refractivity contribution >= 4 is 10.0 Å². The highest BCUT2D eigenvalue weighted by atomic mass is 32.2. The molecule has 0 aliphatic heterocycles. The predicted octanol–water partition coefficient (Wildman–Crippen LogP) is 1.17. The molecule has 0 atom stereocenters. The van der Waals surface area contributed by atoms with Crippen molar-refractivity contribution < 1.29 is 13.2 Å². The summed E-state index contributed by atoms with van der Waals surface area (Å²) in [6, 6.07) is 2.14. The maximum atomic E-state index is 11.8. The summed E-state index contributed by atoms with van der Waals surface area (Å²) in [7, 11) is -1.84. The lowest BCUT2D eigenvalue weighted by atomic mass is 9.84. The molecule has 0 radical (unpaired) electrons. The van der Waals surface area contributed by atoms with E-state index in [0.717, 1.165) is 19.3 Å². The fourth-order valence-corrected chi connectivity index (χ4v) is 3.58. The van der Waals surface area contributed by atoms with Crippen LogP contribution in [0.2, 0.25) is 0 Å². The van der Waals surface area contributed by atoms with Crippen molar-refractivity contribution in [1.82, 2.24) is 4.72 Å². The molecule has 98 valence electrons. The van der Waals surface area contributed by atoms with E-state index >= 15 is 0 Å². The van der Waals surface area contributed by atoms with E-state index < -0.39 is 15.6 Å². The molecule has 5 nitrogen and oxygen atoms in total. The SMILES string of the molecule is COCCCS(=O)(=O)NC1(C#N)CCCCC1. The number of rotatable bonds is 6. The van der Waals surface area contributed by atoms with Crippen molar-refractivity contribution in [2.75, 3.05) is 19.5 Å². The summed E-state index contributed by atoms with van der Waals surface area (Å²) in [6.45, 7) is 0.417. The maximum absolute atomic E-state index is 11.8. The Bertz CT molecular complexity index is 367. The van der Waals surface area contributed by atoms with Gasteiger partial charge in [0.1, 0.15) is 5.54 Å². The minimum atomic E-state index is -3.38. The summed E-state index contributed by atoms with van der Waals surface area (Å²) in [5, 5.41) is 9.17. The van der Waals surface area contributed by atoms with Crippen LogP contribution in [0.1, 0.15) is 38.5 Å². The van der Waals surface area contributed by atoms with E-state index in [-0.39, 0.29) is 5.75 Å². The lowest BCUT2D eigenvalue weighted by Crippen LogP contribution is -2.49. The van der Waals surface area contributed by atoms with Crippen LogP contribution in [-0.2, 0) is 14.8 Å². The minimum Gasteiger partial charge on any atom is -0.385 e. The van der Waals surface area contributed by atoms with Crippen molar-refractivity contribution in [1.29, 1.82) is 5.26 Å². The molecule has 1 aliphatic carbocycles. The molecule has 0 aromatic rings. The van der Waals surface area contributed by atoms with Crippen LogP contribution in [0.5, 0.6) is 0 Å². The molecule has 0 aromatic heterocycles. The predicted molar refractivity (Wildman–Crippen MR) is 64.8 cm³/mol. The average Bonchev–Trinajstić information content (AvgIpc) is 2.30. The highest BCUT2D eigenvalue weighted by Crippen LogP contribution is 2.28. The third-order valence-electron chi connectivity index (χ3n) is 3.03. The Balaban J connectivity index is 2.58. The van der Waals surface area contributed by atoms with Gasteiger partial charge in [-0.25, -0.2) is 8.42 Å². The van der Waals surface area contributed by atoms with Gasteiger partial charge in [0, 0.05) is 13.7 Å². The van der Waals surface area contributed by atoms with Crippen LogP contribution >= 0.6 is 0 Å². The lowest BCUT2D eigenvalue weighted by Gasteiger charge is -2.31. The molecular weight excluding hydrogens is 240 g/mol. The highest BCUT2D eigenvalue weighted by molar-refractivity contribution is 7.89. The Morgan fingerprint density at radius 1 is 1.35 bits per heavy atom. The Labute approximate surface area is 103 Å². The van der Waals surface area contributed by atoms with E-state index in [1.807, 2.05) is 0 Å². The first kappa shape index (κ1) is 14.4. The molecular formula is C11H20N2O3S. The zero-order valence-corrected chi connectivity index (χ0v) is 11.1. The molecule has 6 heteroatoms. The van der Waals surface area contributed by atoms with Crippen molar-refractivity contribution in [2.45, 2.75) is 44.1 Å². The first-order chi connectivity index (χ1) is 8.04. The van der Waals surface area contributed by atoms with Gasteiger partial charge >= 0.3 is 0 Å². The molecule has 1 rings (SSSR count). The second kappa shape index (κ2) is 6.34. The summed E-state index contributed by atoms with van der Waals surface area (Å²) in [4.78, 5) is 0. The minimum absolute atomic E-state index is 0.0181. The largest absolute Gasteiger partial charge is 0.385 e. The van der Waals surface area contributed by atoms with Crippen LogP contribution in [-0.4, -0.2) is 33.4 Å². The first-order valence-electron chi connectivity index (χ1n) is 5.95. The van der Waals surface area contributed by atoms with Gasteiger partial charge < -0.3 is 4.74 Å². The summed E-state index contributed by atoms with van der Waals surface area (Å²) < 4.78 is 31.0. The second-order valence-electron chi connectivity index (χ2n) is 4.52. The standard InChI is InChI=1S/C11H20N2O3S/c1-16-8-5-9-17(14,15)13-11(10-12)6-3-2-4-7-11/h13H,2-9H2,1H3. The Kier molecular flexibility index (Phi) is 5.37. The fourth-order valence-electron chi connectivity index (χ4n) is 2.13. The van der Waals surface area contributed by atoms with Crippen LogP contribution in [0.25, 0.3) is 0 Å². The zero-order chi connectivity index (χ0) is 12.8. The Morgan fingerprint density at radius 2 is 2.00 bits per heavy atom. The Hall–Kier alpha value is -0.640. The number of hydrogen-bond donors (Lipinski definition) is 1. The highest BCUT2D eigenvalue weighted by Gasteiger charge is 2.35. The quantitative estimate of drug-likeness (QED) is 0.727. The molecule has 1 N–H and O–H groups in total. The monoisotopic (exact) mass is 260 g/mol. The van der Waals surface area contributed by atoms with Crippen molar-refractivity contribution in [3.8, 4) is 6.07 Å². The maximum Gasteiger partial charge on any atom is 0.213 e. The lowest BCUT2D eigenvalue weighted by molar-refractivity contribution is 0.199. The van der Waals surface area contributed by atoms with Crippen LogP contribution in [0.15, 0.2) is 0 Å². The molecule has 0 unspecified atom stereocenters. The van der Waals surface area contributed by atoms with Gasteiger partial charge in [0.25, 0.3) is 0 Å². The van der Waals surface area contributed by atoms with Crippen LogP contribution in [0.4, 0.5) is 0 Å². The van der Waals surface area contributed by atoms with Gasteiger partial charge in [-0.3, -0.25) is 0 Å². The van der Waals surface area contributed by atoms with Crippen LogP contribution in [0.3, 0.4) is 0 Å². The van der Waals surface area contributed by atoms with E-state index in [0.29, 0.717) is 25.9 Å². The summed E-state index contributed by atoms with van der Waals surface area (Å²) in [5.74, 6) is 0.0181. The zero-order valence-electron chi connectivity index (χ0n) is 10.2. The summed E-state index contributed by atoms with van der Waals surface area (Å²) in [6.07, 6.45) is 4.59. The molecule has 1 aliphatic rings. The Morgan fingerprint density at radius 3 is 2.53 bits per heavy atom. The third kappa shape index (κ3) is 4.62. The topological polar surface area (TPSA) is 79.2 Å². The molecule has 0 saturated heterocycles. The molecule has 0 amide bonds. The first-order valence-corrected chi connectivity index (χ1v) is 7.61. The van der Waals surface area contributed by atoms with Gasteiger partial charge in [-0.1, -0.05) is 19.3 Å². The number of sulfonamides is 1. The van der Waals surface area contributed by atoms with Crippen molar-refractivity contribution in [3.05, 3.63) is 0 Å². The van der Waals surface area contributed by atoms with Gasteiger partial charge in [0.2, 0.25) is 10.0 Å². The molecule has 1 saturated carbocycles. The van der Waals surface area contributed by atoms with E-state index in [4.69, 9.17) is 4.74 Å². The van der Waals surface area contributed by atoms with Crippen molar-refractivity contribution in [3.63, 3.8) is 0 Å². The molecule has 0 heterocycles. The molecule has 0 spiro atoms. The number of nitriles is 1. The number of methoxy groups -OCH3 is 1. The number of nitrogens with one attached hydrogen (secondary N) is 1. The van der Waals surface area contributed by atoms with Crippen LogP contribution in [0, 0.1) is 11.3 Å². The second-order valence-corrected chi connectivity index (χ2v) is 6.36. The summed E-state index contributed by atoms with van der Waals surface area (Å²) in [5.41, 5.74) is -0.871. The number of hydrogen-bond acceptors (Lipinski definition) is 4. The van der Waals surface area contributed by atoms with Gasteiger partial charge in [-0.05, 0) is 19.3 Å². The van der Waals surface area contributed by atoms with Crippen molar-refractivity contribution in [2.24, 2.45) is 0 Å². The number of ether oxygens (including phenoxy) is 1. The van der Waals surface area contributed by atoms with E-state index in [1.54, 1.807) is 0 Å². The number of nitrogens with zero attached hydrogens (tertiary/aromatic N) is 1. The summed E-state index contributed by atoms with van der Waals surface area (Å²) >= 11 is 0. The molecule has 0 bridgehead atoms. The van der Waals surface area contributed by atoms with Gasteiger partial charge in [-0.2, -0.15) is 9.98 Å². The van der Waals surface area contributed by atoms with Crippen LogP contribution < -0.4 is 4.72 Å². The van der Waals surface area contributed by atoms with Gasteiger partial charge in [0.05, 0.1) is 11.8 Å². The van der Waals surface area contributed by atoms with Gasteiger partial charge in [-0.15, -0.1) is 0 Å². The smallest absolute Gasteiger partial charge is 0.213 e. The molecule has 1 fully saturated rings. The molecule has 17 heavy (non-hydrogen) atoms. The third-order valence-corrected chi connectivity index (χ3v) is 4.56. The normalized spacial score (nSPS) is 19.8. The average molecular weight is 260 g/mol. The van der Waals surface area contributed by atoms with E-state index in [9.17, 15) is 13.7 Å². The van der Waals surface area contributed by atoms with Gasteiger partial charge in [0.15, 0.2) is 0 Å².